The summed E-state index contributed by atoms with van der Waals surface area (Å²) in [4.78, 5) is 9.96. The number of pyridine rings is 1. The molecule has 3 fully saturated rings. The van der Waals surface area contributed by atoms with Crippen molar-refractivity contribution in [3.05, 3.63) is 52.6 Å². The number of halogens is 1. The number of rotatable bonds is 6. The zero-order valence-corrected chi connectivity index (χ0v) is 25.3. The normalized spacial score (nSPS) is 27.3. The molecule has 0 bridgehead atoms. The fourth-order valence-corrected chi connectivity index (χ4v) is 9.03. The summed E-state index contributed by atoms with van der Waals surface area (Å²) in [6.45, 7) is 10.5. The molecule has 3 aromatic heterocycles. The Labute approximate surface area is 249 Å². The molecule has 2 N–H and O–H groups in total. The van der Waals surface area contributed by atoms with Crippen molar-refractivity contribution >= 4 is 44.1 Å². The number of piperidine rings is 2. The van der Waals surface area contributed by atoms with Crippen LogP contribution >= 0.6 is 22.9 Å². The van der Waals surface area contributed by atoms with Gasteiger partial charge in [0.15, 0.2) is 0 Å². The molecule has 0 spiro atoms. The van der Waals surface area contributed by atoms with Gasteiger partial charge in [-0.25, -0.2) is 4.90 Å². The first-order valence-corrected chi connectivity index (χ1v) is 15.8. The molecule has 214 valence electrons. The number of nitrogens with zero attached hydrogens (tertiary/aromatic N) is 5. The summed E-state index contributed by atoms with van der Waals surface area (Å²) in [5, 5.41) is 33.9. The Hall–Kier alpha value is -2.51. The molecule has 1 saturated carbocycles. The fourth-order valence-electron chi connectivity index (χ4n) is 7.65. The minimum Gasteiger partial charge on any atom is -0.378 e. The first-order chi connectivity index (χ1) is 19.7. The van der Waals surface area contributed by atoms with Gasteiger partial charge in [0, 0.05) is 63.7 Å². The van der Waals surface area contributed by atoms with Crippen LogP contribution in [0.3, 0.4) is 0 Å². The summed E-state index contributed by atoms with van der Waals surface area (Å²) in [5.41, 5.74) is 3.64. The summed E-state index contributed by atoms with van der Waals surface area (Å²) in [6, 6.07) is 12.9. The van der Waals surface area contributed by atoms with Crippen LogP contribution in [0.1, 0.15) is 38.5 Å². The van der Waals surface area contributed by atoms with Crippen LogP contribution in [0.5, 0.6) is 0 Å². The number of fused-ring (bicyclic) bond motifs is 3. The van der Waals surface area contributed by atoms with Gasteiger partial charge >= 0.3 is 0 Å². The molecule has 0 radical (unpaired) electrons. The Kier molecular flexibility index (Phi) is 6.51. The maximum absolute atomic E-state index is 10.9. The van der Waals surface area contributed by atoms with Gasteiger partial charge in [0.25, 0.3) is 0 Å². The lowest BCUT2D eigenvalue weighted by Crippen LogP contribution is -2.41. The third-order valence-corrected chi connectivity index (χ3v) is 11.6. The Morgan fingerprint density at radius 1 is 1.10 bits per heavy atom. The molecule has 9 heteroatoms. The van der Waals surface area contributed by atoms with E-state index in [0.29, 0.717) is 18.1 Å². The van der Waals surface area contributed by atoms with E-state index in [0.717, 1.165) is 69.6 Å². The average molecular weight is 590 g/mol. The summed E-state index contributed by atoms with van der Waals surface area (Å²) >= 11 is 8.32. The Morgan fingerprint density at radius 2 is 1.83 bits per heavy atom. The highest BCUT2D eigenvalue weighted by molar-refractivity contribution is 7.19. The second-order valence-electron chi connectivity index (χ2n) is 12.8. The number of likely N-dealkylation sites (tertiary alicyclic amines) is 2. The number of hydrogen-bond acceptors (Lipinski definition) is 7. The fraction of sp³-hybridized carbons (Fsp3) is 0.500. The number of aliphatic hydroxyl groups excluding tert-OH is 2. The van der Waals surface area contributed by atoms with E-state index in [4.69, 9.17) is 11.6 Å². The lowest BCUT2D eigenvalue weighted by atomic mass is 9.79. The summed E-state index contributed by atoms with van der Waals surface area (Å²) in [5.74, 6) is 0.220. The highest BCUT2D eigenvalue weighted by Crippen LogP contribution is 2.66. The van der Waals surface area contributed by atoms with Gasteiger partial charge in [-0.3, -0.25) is 4.98 Å². The number of thiophene rings is 1. The highest BCUT2D eigenvalue weighted by atomic mass is 35.5. The molecule has 0 amide bonds. The number of aromatic nitrogens is 2. The van der Waals surface area contributed by atoms with E-state index in [9.17, 15) is 15.5 Å². The third kappa shape index (κ3) is 4.32. The Bertz CT molecular complexity index is 1660. The minimum atomic E-state index is -0.643. The molecule has 2 aliphatic heterocycles. The number of nitriles is 1. The van der Waals surface area contributed by atoms with Crippen LogP contribution in [0.4, 0.5) is 0 Å². The molecule has 1 aliphatic carbocycles. The third-order valence-electron chi connectivity index (χ3n) is 10.2. The lowest BCUT2D eigenvalue weighted by molar-refractivity contribution is -0.0987. The molecule has 2 saturated heterocycles. The standard InChI is InChI=1S/C32H36ClN5O2S/c1-4-36-11-7-32(17-34,8-12-36)18-37-10-6-19-13-20(33)14-23(27(19)37)22-5-9-35-24-15-21(41-28(22)24)16-38-29(39)25-26(30(38)40)31(25,2)3/h5-6,9-10,13-15,25-26,29-30,39-40H,4,7-8,11-12,16,18H2,1-3H3. The van der Waals surface area contributed by atoms with E-state index < -0.39 is 17.9 Å². The quantitative estimate of drug-likeness (QED) is 0.290. The largest absolute Gasteiger partial charge is 0.378 e. The van der Waals surface area contributed by atoms with Crippen LogP contribution in [0.15, 0.2) is 42.7 Å². The van der Waals surface area contributed by atoms with E-state index in [1.165, 1.54) is 0 Å². The number of benzene rings is 1. The van der Waals surface area contributed by atoms with Gasteiger partial charge in [-0.15, -0.1) is 11.3 Å². The molecular formula is C32H36ClN5O2S. The molecule has 4 unspecified atom stereocenters. The molecule has 5 heterocycles. The van der Waals surface area contributed by atoms with Crippen molar-refractivity contribution < 1.29 is 10.2 Å². The number of hydrogen-bond donors (Lipinski definition) is 2. The van der Waals surface area contributed by atoms with Crippen LogP contribution < -0.4 is 0 Å². The topological polar surface area (TPSA) is 88.6 Å². The second-order valence-corrected chi connectivity index (χ2v) is 14.4. The minimum absolute atomic E-state index is 0.0196. The molecule has 7 rings (SSSR count). The van der Waals surface area contributed by atoms with Gasteiger partial charge in [0.2, 0.25) is 0 Å². The Morgan fingerprint density at radius 3 is 2.51 bits per heavy atom. The van der Waals surface area contributed by atoms with Crippen molar-refractivity contribution in [1.82, 2.24) is 19.4 Å². The SMILES string of the molecule is CCN1CCC(C#N)(Cn2ccc3cc(Cl)cc(-c4ccnc5cc(CN6C(O)C7C(C6O)C7(C)C)sc45)c32)CC1. The molecule has 4 aromatic rings. The van der Waals surface area contributed by atoms with E-state index in [1.807, 2.05) is 29.3 Å². The van der Waals surface area contributed by atoms with E-state index in [-0.39, 0.29) is 17.3 Å². The molecular weight excluding hydrogens is 554 g/mol. The van der Waals surface area contributed by atoms with Crippen molar-refractivity contribution in [3.8, 4) is 17.2 Å². The molecule has 1 aromatic carbocycles. The maximum atomic E-state index is 10.9. The van der Waals surface area contributed by atoms with E-state index in [2.05, 4.69) is 59.6 Å². The monoisotopic (exact) mass is 589 g/mol. The first-order valence-electron chi connectivity index (χ1n) is 14.6. The van der Waals surface area contributed by atoms with Crippen LogP contribution in [0.2, 0.25) is 5.02 Å². The van der Waals surface area contributed by atoms with Crippen molar-refractivity contribution in [2.45, 2.75) is 59.2 Å². The van der Waals surface area contributed by atoms with Crippen molar-refractivity contribution in [2.75, 3.05) is 19.6 Å². The molecule has 4 atom stereocenters. The smallest absolute Gasteiger partial charge is 0.113 e. The van der Waals surface area contributed by atoms with Crippen LogP contribution in [-0.2, 0) is 13.1 Å². The van der Waals surface area contributed by atoms with Crippen LogP contribution in [-0.4, -0.2) is 61.7 Å². The second kappa shape index (κ2) is 9.77. The van der Waals surface area contributed by atoms with Crippen molar-refractivity contribution in [2.24, 2.45) is 22.7 Å². The Balaban J connectivity index is 1.25. The molecule has 7 nitrogen and oxygen atoms in total. The highest BCUT2D eigenvalue weighted by Gasteiger charge is 2.71. The van der Waals surface area contributed by atoms with E-state index >= 15 is 0 Å². The van der Waals surface area contributed by atoms with Gasteiger partial charge in [0.1, 0.15) is 12.5 Å². The summed E-state index contributed by atoms with van der Waals surface area (Å²) in [7, 11) is 0. The van der Waals surface area contributed by atoms with Crippen molar-refractivity contribution in [1.29, 1.82) is 5.26 Å². The van der Waals surface area contributed by atoms with Crippen LogP contribution in [0, 0.1) is 34.0 Å². The molecule has 3 aliphatic rings. The van der Waals surface area contributed by atoms with Gasteiger partial charge in [-0.05, 0) is 68.2 Å². The zero-order chi connectivity index (χ0) is 28.7. The summed E-state index contributed by atoms with van der Waals surface area (Å²) in [6.07, 6.45) is 4.37. The maximum Gasteiger partial charge on any atom is 0.113 e. The van der Waals surface area contributed by atoms with Gasteiger partial charge < -0.3 is 19.7 Å². The summed E-state index contributed by atoms with van der Waals surface area (Å²) < 4.78 is 3.30. The van der Waals surface area contributed by atoms with Gasteiger partial charge in [-0.1, -0.05) is 32.4 Å². The predicted molar refractivity (Wildman–Crippen MR) is 163 cm³/mol. The van der Waals surface area contributed by atoms with Gasteiger partial charge in [0.05, 0.1) is 27.2 Å². The van der Waals surface area contributed by atoms with Gasteiger partial charge in [-0.2, -0.15) is 5.26 Å². The lowest BCUT2D eigenvalue weighted by Gasteiger charge is -2.37. The predicted octanol–water partition coefficient (Wildman–Crippen LogP) is 5.92. The van der Waals surface area contributed by atoms with Crippen LogP contribution in [0.25, 0.3) is 32.2 Å². The zero-order valence-electron chi connectivity index (χ0n) is 23.7. The first kappa shape index (κ1) is 27.3. The van der Waals surface area contributed by atoms with Crippen molar-refractivity contribution in [3.63, 3.8) is 0 Å². The molecule has 41 heavy (non-hydrogen) atoms. The average Bonchev–Trinajstić information content (AvgIpc) is 3.30. The van der Waals surface area contributed by atoms with E-state index in [1.54, 1.807) is 11.3 Å². The number of aliphatic hydroxyl groups is 2.